The van der Waals surface area contributed by atoms with Gasteiger partial charge in [-0.2, -0.15) is 0 Å². The van der Waals surface area contributed by atoms with E-state index >= 15 is 0 Å². The second kappa shape index (κ2) is 6.06. The molecule has 0 fully saturated rings. The summed E-state index contributed by atoms with van der Waals surface area (Å²) in [6.45, 7) is 1.59. The largest absolute Gasteiger partial charge is 0.207 e. The minimum atomic E-state index is -0.664. The molecule has 0 nitrogen and oxygen atoms in total. The number of benzene rings is 2. The Labute approximate surface area is 137 Å². The van der Waals surface area contributed by atoms with E-state index < -0.39 is 17.0 Å². The Balaban J connectivity index is 2.52. The van der Waals surface area contributed by atoms with Gasteiger partial charge in [-0.15, -0.1) is 11.6 Å². The van der Waals surface area contributed by atoms with Crippen molar-refractivity contribution in [2.75, 3.05) is 0 Å². The third kappa shape index (κ3) is 3.28. The highest BCUT2D eigenvalue weighted by Gasteiger charge is 2.19. The van der Waals surface area contributed by atoms with Crippen molar-refractivity contribution in [1.29, 1.82) is 0 Å². The minimum absolute atomic E-state index is 0.281. The summed E-state index contributed by atoms with van der Waals surface area (Å²) in [6, 6.07) is 7.99. The van der Waals surface area contributed by atoms with E-state index in [1.165, 1.54) is 6.07 Å². The second-order valence-corrected chi connectivity index (χ2v) is 6.69. The highest BCUT2D eigenvalue weighted by Crippen LogP contribution is 2.36. The molecule has 0 saturated heterocycles. The van der Waals surface area contributed by atoms with Crippen LogP contribution < -0.4 is 0 Å². The molecule has 0 saturated carbocycles. The van der Waals surface area contributed by atoms with E-state index in [1.54, 1.807) is 6.92 Å². The van der Waals surface area contributed by atoms with Gasteiger partial charge in [-0.05, 0) is 64.9 Å². The first-order chi connectivity index (χ1) is 8.90. The quantitative estimate of drug-likeness (QED) is 0.385. The SMILES string of the molecule is Cc1cc(C(Cl)c2cc(I)ccc2Br)c(F)cc1F. The first-order valence-corrected chi connectivity index (χ1v) is 7.75. The summed E-state index contributed by atoms with van der Waals surface area (Å²) in [4.78, 5) is 0. The predicted octanol–water partition coefficient (Wildman–Crippen LogP) is 5.97. The topological polar surface area (TPSA) is 0 Å². The van der Waals surface area contributed by atoms with E-state index in [0.29, 0.717) is 5.56 Å². The van der Waals surface area contributed by atoms with Crippen molar-refractivity contribution in [3.8, 4) is 0 Å². The summed E-state index contributed by atoms with van der Waals surface area (Å²) in [5, 5.41) is -0.664. The highest BCUT2D eigenvalue weighted by atomic mass is 127. The summed E-state index contributed by atoms with van der Waals surface area (Å²) >= 11 is 11.9. The molecule has 5 heteroatoms. The molecule has 1 unspecified atom stereocenters. The maximum absolute atomic E-state index is 13.9. The van der Waals surface area contributed by atoms with E-state index in [9.17, 15) is 8.78 Å². The Morgan fingerprint density at radius 2 is 1.79 bits per heavy atom. The van der Waals surface area contributed by atoms with Crippen molar-refractivity contribution in [1.82, 2.24) is 0 Å². The zero-order chi connectivity index (χ0) is 14.2. The minimum Gasteiger partial charge on any atom is -0.207 e. The zero-order valence-corrected chi connectivity index (χ0v) is 14.4. The summed E-state index contributed by atoms with van der Waals surface area (Å²) in [5.74, 6) is -1.19. The van der Waals surface area contributed by atoms with Crippen LogP contribution in [0.3, 0.4) is 0 Å². The van der Waals surface area contributed by atoms with Gasteiger partial charge >= 0.3 is 0 Å². The van der Waals surface area contributed by atoms with Crippen LogP contribution in [0.4, 0.5) is 8.78 Å². The highest BCUT2D eigenvalue weighted by molar-refractivity contribution is 14.1. The first kappa shape index (κ1) is 15.2. The maximum atomic E-state index is 13.9. The van der Waals surface area contributed by atoms with Crippen molar-refractivity contribution >= 4 is 50.1 Å². The van der Waals surface area contributed by atoms with E-state index in [2.05, 4.69) is 38.5 Å². The lowest BCUT2D eigenvalue weighted by Gasteiger charge is -2.14. The molecule has 0 bridgehead atoms. The van der Waals surface area contributed by atoms with Crippen molar-refractivity contribution in [3.05, 3.63) is 66.7 Å². The molecule has 0 radical (unpaired) electrons. The van der Waals surface area contributed by atoms with Crippen LogP contribution in [0.2, 0.25) is 0 Å². The fourth-order valence-corrected chi connectivity index (χ4v) is 3.22. The lowest BCUT2D eigenvalue weighted by molar-refractivity contribution is 0.568. The molecule has 0 aliphatic heterocycles. The van der Waals surface area contributed by atoms with E-state index in [4.69, 9.17) is 11.6 Å². The van der Waals surface area contributed by atoms with Gasteiger partial charge in [0.1, 0.15) is 11.6 Å². The molecule has 0 aromatic heterocycles. The first-order valence-electron chi connectivity index (χ1n) is 5.44. The van der Waals surface area contributed by atoms with E-state index in [0.717, 1.165) is 19.7 Å². The van der Waals surface area contributed by atoms with Crippen molar-refractivity contribution in [3.63, 3.8) is 0 Å². The van der Waals surface area contributed by atoms with Crippen LogP contribution in [0, 0.1) is 22.1 Å². The van der Waals surface area contributed by atoms with Crippen LogP contribution >= 0.6 is 50.1 Å². The molecule has 1 atom stereocenters. The third-order valence-electron chi connectivity index (χ3n) is 2.78. The molecule has 0 aliphatic carbocycles. The molecule has 0 N–H and O–H groups in total. The van der Waals surface area contributed by atoms with Crippen LogP contribution in [0.15, 0.2) is 34.8 Å². The summed E-state index contributed by atoms with van der Waals surface area (Å²) in [5.41, 5.74) is 1.42. The van der Waals surface area contributed by atoms with Crippen LogP contribution in [-0.2, 0) is 0 Å². The Bertz CT molecular complexity index is 631. The Kier molecular flexibility index (Phi) is 4.84. The number of alkyl halides is 1. The molecule has 0 spiro atoms. The predicted molar refractivity (Wildman–Crippen MR) is 85.7 cm³/mol. The normalized spacial score (nSPS) is 12.5. The smallest absolute Gasteiger partial charge is 0.131 e. The van der Waals surface area contributed by atoms with Crippen molar-refractivity contribution in [2.24, 2.45) is 0 Å². The van der Waals surface area contributed by atoms with Crippen LogP contribution in [-0.4, -0.2) is 0 Å². The fraction of sp³-hybridized carbons (Fsp3) is 0.143. The molecular weight excluding hydrogens is 448 g/mol. The van der Waals surface area contributed by atoms with Gasteiger partial charge in [0.2, 0.25) is 0 Å². The van der Waals surface area contributed by atoms with Gasteiger partial charge in [0.15, 0.2) is 0 Å². The van der Waals surface area contributed by atoms with Gasteiger partial charge in [-0.1, -0.05) is 15.9 Å². The van der Waals surface area contributed by atoms with Gasteiger partial charge in [0.05, 0.1) is 5.38 Å². The average Bonchev–Trinajstić information content (AvgIpc) is 2.36. The lowest BCUT2D eigenvalue weighted by atomic mass is 10.0. The molecule has 0 amide bonds. The molecule has 2 aromatic carbocycles. The van der Waals surface area contributed by atoms with Crippen LogP contribution in [0.1, 0.15) is 22.1 Å². The number of hydrogen-bond donors (Lipinski definition) is 0. The number of hydrogen-bond acceptors (Lipinski definition) is 0. The average molecular weight is 457 g/mol. The van der Waals surface area contributed by atoms with Gasteiger partial charge in [0, 0.05) is 19.7 Å². The number of rotatable bonds is 2. The molecule has 2 aromatic rings. The monoisotopic (exact) mass is 456 g/mol. The maximum Gasteiger partial charge on any atom is 0.131 e. The standard InChI is InChI=1S/C14H9BrClF2I/c1-7-4-10(13(18)6-12(7)17)14(16)9-5-8(19)2-3-11(9)15/h2-6,14H,1H3. The zero-order valence-electron chi connectivity index (χ0n) is 9.85. The molecule has 0 heterocycles. The van der Waals surface area contributed by atoms with Gasteiger partial charge < -0.3 is 0 Å². The lowest BCUT2D eigenvalue weighted by Crippen LogP contribution is -2.01. The molecule has 0 aliphatic rings. The fourth-order valence-electron chi connectivity index (χ4n) is 1.75. The molecular formula is C14H9BrClF2I. The molecule has 2 rings (SSSR count). The summed E-state index contributed by atoms with van der Waals surface area (Å²) in [6.07, 6.45) is 0. The Morgan fingerprint density at radius 3 is 2.47 bits per heavy atom. The molecule has 100 valence electrons. The number of aryl methyl sites for hydroxylation is 1. The van der Waals surface area contributed by atoms with Gasteiger partial charge in [-0.25, -0.2) is 8.78 Å². The van der Waals surface area contributed by atoms with Gasteiger partial charge in [-0.3, -0.25) is 0 Å². The number of halogens is 5. The van der Waals surface area contributed by atoms with E-state index in [1.807, 2.05) is 18.2 Å². The van der Waals surface area contributed by atoms with Gasteiger partial charge in [0.25, 0.3) is 0 Å². The summed E-state index contributed by atoms with van der Waals surface area (Å²) in [7, 11) is 0. The van der Waals surface area contributed by atoms with Crippen LogP contribution in [0.5, 0.6) is 0 Å². The Morgan fingerprint density at radius 1 is 1.11 bits per heavy atom. The summed E-state index contributed by atoms with van der Waals surface area (Å²) < 4.78 is 28.9. The molecule has 19 heavy (non-hydrogen) atoms. The van der Waals surface area contributed by atoms with Crippen molar-refractivity contribution in [2.45, 2.75) is 12.3 Å². The van der Waals surface area contributed by atoms with Crippen LogP contribution in [0.25, 0.3) is 0 Å². The third-order valence-corrected chi connectivity index (χ3v) is 4.65. The Hall–Kier alpha value is -0.200. The second-order valence-electron chi connectivity index (χ2n) is 4.15. The van der Waals surface area contributed by atoms with E-state index in [-0.39, 0.29) is 5.56 Å². The van der Waals surface area contributed by atoms with Crippen molar-refractivity contribution < 1.29 is 8.78 Å².